The van der Waals surface area contributed by atoms with Crippen LogP contribution in [-0.2, 0) is 9.53 Å². The zero-order valence-corrected chi connectivity index (χ0v) is 11.9. The van der Waals surface area contributed by atoms with Crippen molar-refractivity contribution in [3.63, 3.8) is 0 Å². The molecule has 0 aromatic heterocycles. The summed E-state index contributed by atoms with van der Waals surface area (Å²) < 4.78 is 5.26. The molecule has 108 valence electrons. The first-order valence-corrected chi connectivity index (χ1v) is 6.75. The molecular weight excluding hydrogens is 246 g/mol. The fourth-order valence-corrected chi connectivity index (χ4v) is 2.08. The third-order valence-corrected chi connectivity index (χ3v) is 3.47. The number of rotatable bonds is 4. The van der Waals surface area contributed by atoms with E-state index in [9.17, 15) is 9.59 Å². The highest BCUT2D eigenvalue weighted by Gasteiger charge is 2.51. The van der Waals surface area contributed by atoms with Gasteiger partial charge in [0.05, 0.1) is 13.1 Å². The topological polar surface area (TPSA) is 84.7 Å². The molecule has 2 amide bonds. The zero-order chi connectivity index (χ0) is 14.3. The predicted molar refractivity (Wildman–Crippen MR) is 70.5 cm³/mol. The normalized spacial score (nSPS) is 21.7. The lowest BCUT2D eigenvalue weighted by atomic mass is 9.89. The van der Waals surface area contributed by atoms with Crippen molar-refractivity contribution in [3.05, 3.63) is 0 Å². The average molecular weight is 269 g/mol. The number of likely N-dealkylation sites (tertiary alicyclic amines) is 1. The molecule has 6 nitrogen and oxygen atoms in total. The molecule has 2 aliphatic rings. The van der Waals surface area contributed by atoms with Crippen molar-refractivity contribution < 1.29 is 14.3 Å². The van der Waals surface area contributed by atoms with Gasteiger partial charge in [0.15, 0.2) is 0 Å². The molecule has 2 fully saturated rings. The minimum atomic E-state index is -0.764. The summed E-state index contributed by atoms with van der Waals surface area (Å²) in [7, 11) is 0. The van der Waals surface area contributed by atoms with Gasteiger partial charge in [-0.1, -0.05) is 0 Å². The molecule has 0 aromatic rings. The fourth-order valence-electron chi connectivity index (χ4n) is 2.08. The van der Waals surface area contributed by atoms with E-state index in [2.05, 4.69) is 5.32 Å². The highest BCUT2D eigenvalue weighted by molar-refractivity contribution is 5.88. The Kier molecular flexibility index (Phi) is 3.47. The Morgan fingerprint density at radius 1 is 1.37 bits per heavy atom. The molecule has 1 aliphatic heterocycles. The van der Waals surface area contributed by atoms with E-state index < -0.39 is 23.1 Å². The second-order valence-corrected chi connectivity index (χ2v) is 6.61. The summed E-state index contributed by atoms with van der Waals surface area (Å²) in [6.07, 6.45) is 2.02. The largest absolute Gasteiger partial charge is 0.444 e. The summed E-state index contributed by atoms with van der Waals surface area (Å²) in [6.45, 7) is 6.84. The third-order valence-electron chi connectivity index (χ3n) is 3.47. The molecule has 6 heteroatoms. The first kappa shape index (κ1) is 14.1. The zero-order valence-electron chi connectivity index (χ0n) is 11.9. The number of amides is 2. The predicted octanol–water partition coefficient (Wildman–Crippen LogP) is 0.461. The van der Waals surface area contributed by atoms with E-state index in [1.54, 1.807) is 0 Å². The lowest BCUT2D eigenvalue weighted by Gasteiger charge is -2.48. The van der Waals surface area contributed by atoms with Crippen molar-refractivity contribution in [3.8, 4) is 0 Å². The first-order chi connectivity index (χ1) is 8.72. The van der Waals surface area contributed by atoms with Crippen molar-refractivity contribution in [1.82, 2.24) is 10.2 Å². The second kappa shape index (κ2) is 4.67. The number of nitrogens with zero attached hydrogens (tertiary/aromatic N) is 1. The van der Waals surface area contributed by atoms with Gasteiger partial charge in [0.1, 0.15) is 11.1 Å². The average Bonchev–Trinajstić information content (AvgIpc) is 2.95. The summed E-state index contributed by atoms with van der Waals surface area (Å²) in [6, 6.07) is 0. The Morgan fingerprint density at radius 3 is 2.37 bits per heavy atom. The molecule has 3 N–H and O–H groups in total. The Labute approximate surface area is 113 Å². The monoisotopic (exact) mass is 269 g/mol. The van der Waals surface area contributed by atoms with Crippen LogP contribution in [0.5, 0.6) is 0 Å². The number of hydrogen-bond acceptors (Lipinski definition) is 4. The maximum absolute atomic E-state index is 11.8. The number of ether oxygens (including phenoxy) is 1. The molecule has 2 rings (SSSR count). The van der Waals surface area contributed by atoms with Crippen molar-refractivity contribution in [1.29, 1.82) is 0 Å². The molecule has 0 atom stereocenters. The molecule has 0 bridgehead atoms. The summed E-state index contributed by atoms with van der Waals surface area (Å²) in [4.78, 5) is 24.9. The summed E-state index contributed by atoms with van der Waals surface area (Å²) in [5.41, 5.74) is 4.16. The van der Waals surface area contributed by atoms with E-state index in [0.717, 1.165) is 6.54 Å². The van der Waals surface area contributed by atoms with Crippen LogP contribution in [-0.4, -0.2) is 47.7 Å². The molecular formula is C13H23N3O3. The van der Waals surface area contributed by atoms with Crippen molar-refractivity contribution in [2.75, 3.05) is 19.6 Å². The molecule has 0 radical (unpaired) electrons. The first-order valence-electron chi connectivity index (χ1n) is 6.75. The summed E-state index contributed by atoms with van der Waals surface area (Å²) in [5, 5.41) is 3.22. The Morgan fingerprint density at radius 2 is 1.95 bits per heavy atom. The van der Waals surface area contributed by atoms with Crippen LogP contribution in [0.1, 0.15) is 33.6 Å². The van der Waals surface area contributed by atoms with Crippen LogP contribution in [0.15, 0.2) is 0 Å². The maximum Gasteiger partial charge on any atom is 0.410 e. The van der Waals surface area contributed by atoms with Gasteiger partial charge in [0.25, 0.3) is 0 Å². The Hall–Kier alpha value is -1.30. The van der Waals surface area contributed by atoms with Crippen LogP contribution in [0, 0.1) is 5.92 Å². The minimum Gasteiger partial charge on any atom is -0.444 e. The Balaban J connectivity index is 1.86. The van der Waals surface area contributed by atoms with Gasteiger partial charge in [-0.05, 0) is 46.1 Å². The molecule has 19 heavy (non-hydrogen) atoms. The van der Waals surface area contributed by atoms with Gasteiger partial charge in [0.2, 0.25) is 5.91 Å². The minimum absolute atomic E-state index is 0.296. The van der Waals surface area contributed by atoms with Crippen LogP contribution in [0.3, 0.4) is 0 Å². The number of nitrogens with two attached hydrogens (primary N) is 1. The van der Waals surface area contributed by atoms with E-state index in [1.165, 1.54) is 17.7 Å². The van der Waals surface area contributed by atoms with Gasteiger partial charge >= 0.3 is 6.09 Å². The van der Waals surface area contributed by atoms with Gasteiger partial charge < -0.3 is 20.7 Å². The lowest BCUT2D eigenvalue weighted by Crippen LogP contribution is -2.76. The third kappa shape index (κ3) is 3.37. The maximum atomic E-state index is 11.8. The van der Waals surface area contributed by atoms with Crippen molar-refractivity contribution >= 4 is 12.0 Å². The van der Waals surface area contributed by atoms with Gasteiger partial charge in [-0.25, -0.2) is 4.79 Å². The van der Waals surface area contributed by atoms with Crippen LogP contribution in [0.25, 0.3) is 0 Å². The quantitative estimate of drug-likeness (QED) is 0.776. The molecule has 0 aromatic carbocycles. The van der Waals surface area contributed by atoms with Crippen LogP contribution in [0.2, 0.25) is 0 Å². The number of primary amides is 1. The van der Waals surface area contributed by atoms with E-state index in [-0.39, 0.29) is 0 Å². The highest BCUT2D eigenvalue weighted by Crippen LogP contribution is 2.30. The smallest absolute Gasteiger partial charge is 0.410 e. The van der Waals surface area contributed by atoms with E-state index in [1.807, 2.05) is 20.8 Å². The van der Waals surface area contributed by atoms with Crippen LogP contribution >= 0.6 is 0 Å². The van der Waals surface area contributed by atoms with Crippen LogP contribution < -0.4 is 11.1 Å². The van der Waals surface area contributed by atoms with Gasteiger partial charge in [-0.3, -0.25) is 4.79 Å². The molecule has 1 saturated heterocycles. The highest BCUT2D eigenvalue weighted by atomic mass is 16.6. The van der Waals surface area contributed by atoms with Gasteiger partial charge in [-0.15, -0.1) is 0 Å². The number of hydrogen-bond donors (Lipinski definition) is 2. The standard InChI is InChI=1S/C13H23N3O3/c1-12(2,3)19-11(18)16-7-13(8-16,10(14)17)15-6-9-4-5-9/h9,15H,4-8H2,1-3H3,(H2,14,17). The molecule has 1 saturated carbocycles. The van der Waals surface area contributed by atoms with Crippen LogP contribution in [0.4, 0.5) is 4.79 Å². The SMILES string of the molecule is CC(C)(C)OC(=O)N1CC(NCC2CC2)(C(N)=O)C1. The molecule has 1 aliphatic carbocycles. The second-order valence-electron chi connectivity index (χ2n) is 6.61. The van der Waals surface area contributed by atoms with Crippen molar-refractivity contribution in [2.45, 2.75) is 44.8 Å². The number of carbonyl (C=O) groups excluding carboxylic acids is 2. The summed E-state index contributed by atoms with van der Waals surface area (Å²) >= 11 is 0. The van der Waals surface area contributed by atoms with Gasteiger partial charge in [-0.2, -0.15) is 0 Å². The number of nitrogens with one attached hydrogen (secondary N) is 1. The molecule has 1 heterocycles. The number of carbonyl (C=O) groups is 2. The van der Waals surface area contributed by atoms with E-state index in [0.29, 0.717) is 19.0 Å². The molecule has 0 spiro atoms. The Bertz CT molecular complexity index is 379. The molecule has 0 unspecified atom stereocenters. The fraction of sp³-hybridized carbons (Fsp3) is 0.846. The van der Waals surface area contributed by atoms with E-state index in [4.69, 9.17) is 10.5 Å². The van der Waals surface area contributed by atoms with E-state index >= 15 is 0 Å². The summed E-state index contributed by atoms with van der Waals surface area (Å²) in [5.74, 6) is 0.264. The van der Waals surface area contributed by atoms with Gasteiger partial charge in [0, 0.05) is 0 Å². The van der Waals surface area contributed by atoms with Crippen molar-refractivity contribution in [2.24, 2.45) is 11.7 Å². The lowest BCUT2D eigenvalue weighted by molar-refractivity contribution is -0.131.